The average Bonchev–Trinajstić information content (AvgIpc) is 2.74. The Labute approximate surface area is 109 Å². The van der Waals surface area contributed by atoms with Crippen LogP contribution in [0.25, 0.3) is 0 Å². The first kappa shape index (κ1) is 12.5. The smallest absolute Gasteiger partial charge is 0.227 e. The molecule has 2 aromatic rings. The quantitative estimate of drug-likeness (QED) is 0.884. The summed E-state index contributed by atoms with van der Waals surface area (Å²) >= 11 is 5.99. The second-order valence-electron chi connectivity index (χ2n) is 3.76. The highest BCUT2D eigenvalue weighted by Gasteiger charge is 2.09. The van der Waals surface area contributed by atoms with Crippen LogP contribution in [0.3, 0.4) is 0 Å². The van der Waals surface area contributed by atoms with Crippen LogP contribution >= 0.6 is 11.6 Å². The van der Waals surface area contributed by atoms with Gasteiger partial charge in [-0.1, -0.05) is 29.8 Å². The minimum absolute atomic E-state index is 0.146. The Hall–Kier alpha value is -1.95. The second-order valence-corrected chi connectivity index (χ2v) is 4.17. The van der Waals surface area contributed by atoms with Crippen molar-refractivity contribution in [2.24, 2.45) is 7.05 Å². The summed E-state index contributed by atoms with van der Waals surface area (Å²) in [4.78, 5) is 11.7. The fourth-order valence-electron chi connectivity index (χ4n) is 1.44. The van der Waals surface area contributed by atoms with Gasteiger partial charge in [0.1, 0.15) is 0 Å². The van der Waals surface area contributed by atoms with Crippen molar-refractivity contribution < 1.29 is 4.79 Å². The molecule has 0 saturated carbocycles. The van der Waals surface area contributed by atoms with Gasteiger partial charge < -0.3 is 5.32 Å². The molecular weight excluding hydrogens is 254 g/mol. The molecule has 0 fully saturated rings. The standard InChI is InChI=1S/C11H12ClN5O/c1-17-10(14-15-16-17)6-11(18)13-7-8-4-2-3-5-9(8)12/h2-5H,6-7H2,1H3,(H,13,18). The molecule has 0 aliphatic carbocycles. The molecule has 0 saturated heterocycles. The predicted molar refractivity (Wildman–Crippen MR) is 65.8 cm³/mol. The van der Waals surface area contributed by atoms with Crippen molar-refractivity contribution in [3.8, 4) is 0 Å². The highest BCUT2D eigenvalue weighted by Crippen LogP contribution is 2.14. The number of nitrogens with zero attached hydrogens (tertiary/aromatic N) is 4. The number of aromatic nitrogens is 4. The lowest BCUT2D eigenvalue weighted by molar-refractivity contribution is -0.120. The zero-order valence-electron chi connectivity index (χ0n) is 9.80. The van der Waals surface area contributed by atoms with Gasteiger partial charge in [-0.25, -0.2) is 4.68 Å². The van der Waals surface area contributed by atoms with Gasteiger partial charge in [-0.15, -0.1) is 5.10 Å². The van der Waals surface area contributed by atoms with Gasteiger partial charge in [0, 0.05) is 18.6 Å². The number of hydrogen-bond donors (Lipinski definition) is 1. The topological polar surface area (TPSA) is 72.7 Å². The normalized spacial score (nSPS) is 10.3. The van der Waals surface area contributed by atoms with Crippen LogP contribution in [0.15, 0.2) is 24.3 Å². The van der Waals surface area contributed by atoms with Crippen molar-refractivity contribution in [3.05, 3.63) is 40.7 Å². The molecule has 0 unspecified atom stereocenters. The number of carbonyl (C=O) groups excluding carboxylic acids is 1. The third-order valence-corrected chi connectivity index (χ3v) is 2.83. The molecule has 0 radical (unpaired) electrons. The first-order valence-electron chi connectivity index (χ1n) is 5.38. The highest BCUT2D eigenvalue weighted by atomic mass is 35.5. The zero-order valence-corrected chi connectivity index (χ0v) is 10.6. The van der Waals surface area contributed by atoms with Crippen molar-refractivity contribution >= 4 is 17.5 Å². The summed E-state index contributed by atoms with van der Waals surface area (Å²) < 4.78 is 1.47. The Morgan fingerprint density at radius 2 is 2.22 bits per heavy atom. The molecule has 0 atom stereocenters. The monoisotopic (exact) mass is 265 g/mol. The van der Waals surface area contributed by atoms with E-state index in [0.717, 1.165) is 5.56 Å². The fraction of sp³-hybridized carbons (Fsp3) is 0.273. The molecule has 2 rings (SSSR count). The Bertz CT molecular complexity index is 554. The van der Waals surface area contributed by atoms with E-state index in [-0.39, 0.29) is 12.3 Å². The minimum Gasteiger partial charge on any atom is -0.352 e. The van der Waals surface area contributed by atoms with Crippen molar-refractivity contribution in [1.82, 2.24) is 25.5 Å². The van der Waals surface area contributed by atoms with Crippen LogP contribution < -0.4 is 5.32 Å². The van der Waals surface area contributed by atoms with Crippen LogP contribution in [0.1, 0.15) is 11.4 Å². The summed E-state index contributed by atoms with van der Waals surface area (Å²) in [6.45, 7) is 0.393. The molecule has 1 heterocycles. The van der Waals surface area contributed by atoms with Gasteiger partial charge in [0.05, 0.1) is 6.42 Å². The zero-order chi connectivity index (χ0) is 13.0. The van der Waals surface area contributed by atoms with Gasteiger partial charge in [-0.05, 0) is 22.1 Å². The molecule has 7 heteroatoms. The summed E-state index contributed by atoms with van der Waals surface area (Å²) in [6.07, 6.45) is 0.147. The maximum Gasteiger partial charge on any atom is 0.227 e. The maximum absolute atomic E-state index is 11.7. The van der Waals surface area contributed by atoms with E-state index < -0.39 is 0 Å². The minimum atomic E-state index is -0.146. The molecule has 6 nitrogen and oxygen atoms in total. The van der Waals surface area contributed by atoms with Gasteiger partial charge >= 0.3 is 0 Å². The van der Waals surface area contributed by atoms with E-state index >= 15 is 0 Å². The lowest BCUT2D eigenvalue weighted by Gasteiger charge is -2.06. The van der Waals surface area contributed by atoms with E-state index in [1.165, 1.54) is 4.68 Å². The van der Waals surface area contributed by atoms with Gasteiger partial charge in [0.15, 0.2) is 5.82 Å². The van der Waals surface area contributed by atoms with E-state index in [4.69, 9.17) is 11.6 Å². The molecule has 0 aliphatic heterocycles. The third-order valence-electron chi connectivity index (χ3n) is 2.46. The van der Waals surface area contributed by atoms with Crippen LogP contribution in [0, 0.1) is 0 Å². The molecule has 1 N–H and O–H groups in total. The highest BCUT2D eigenvalue weighted by molar-refractivity contribution is 6.31. The lowest BCUT2D eigenvalue weighted by atomic mass is 10.2. The van der Waals surface area contributed by atoms with Gasteiger partial charge in [-0.3, -0.25) is 4.79 Å². The van der Waals surface area contributed by atoms with Crippen molar-refractivity contribution in [3.63, 3.8) is 0 Å². The number of amides is 1. The van der Waals surface area contributed by atoms with Crippen LogP contribution in [0.2, 0.25) is 5.02 Å². The molecule has 94 valence electrons. The average molecular weight is 266 g/mol. The Morgan fingerprint density at radius 3 is 2.89 bits per heavy atom. The second kappa shape index (κ2) is 5.59. The number of halogens is 1. The Kier molecular flexibility index (Phi) is 3.88. The molecule has 1 aromatic heterocycles. The fourth-order valence-corrected chi connectivity index (χ4v) is 1.64. The summed E-state index contributed by atoms with van der Waals surface area (Å²) in [5, 5.41) is 14.3. The number of tetrazole rings is 1. The molecule has 1 amide bonds. The van der Waals surface area contributed by atoms with Crippen LogP contribution in [-0.2, 0) is 24.8 Å². The lowest BCUT2D eigenvalue weighted by Crippen LogP contribution is -2.26. The van der Waals surface area contributed by atoms with Crippen molar-refractivity contribution in [2.45, 2.75) is 13.0 Å². The van der Waals surface area contributed by atoms with Crippen LogP contribution in [-0.4, -0.2) is 26.1 Å². The van der Waals surface area contributed by atoms with Gasteiger partial charge in [0.2, 0.25) is 5.91 Å². The summed E-state index contributed by atoms with van der Waals surface area (Å²) in [7, 11) is 1.69. The molecule has 0 aliphatic rings. The Balaban J connectivity index is 1.90. The largest absolute Gasteiger partial charge is 0.352 e. The third kappa shape index (κ3) is 3.04. The van der Waals surface area contributed by atoms with Crippen LogP contribution in [0.5, 0.6) is 0 Å². The summed E-state index contributed by atoms with van der Waals surface area (Å²) in [5.41, 5.74) is 0.878. The molecule has 1 aromatic carbocycles. The first-order chi connectivity index (χ1) is 8.66. The van der Waals surface area contributed by atoms with E-state index in [1.54, 1.807) is 13.1 Å². The SMILES string of the molecule is Cn1nnnc1CC(=O)NCc1ccccc1Cl. The molecule has 18 heavy (non-hydrogen) atoms. The van der Waals surface area contributed by atoms with Crippen molar-refractivity contribution in [1.29, 1.82) is 0 Å². The summed E-state index contributed by atoms with van der Waals surface area (Å²) in [6, 6.07) is 7.38. The van der Waals surface area contributed by atoms with Gasteiger partial charge in [-0.2, -0.15) is 0 Å². The Morgan fingerprint density at radius 1 is 1.44 bits per heavy atom. The van der Waals surface area contributed by atoms with E-state index in [9.17, 15) is 4.79 Å². The summed E-state index contributed by atoms with van der Waals surface area (Å²) in [5.74, 6) is 0.375. The van der Waals surface area contributed by atoms with Gasteiger partial charge in [0.25, 0.3) is 0 Å². The van der Waals surface area contributed by atoms with E-state index in [1.807, 2.05) is 18.2 Å². The number of benzene rings is 1. The first-order valence-corrected chi connectivity index (χ1v) is 5.76. The molecule has 0 spiro atoms. The number of aryl methyl sites for hydroxylation is 1. The van der Waals surface area contributed by atoms with E-state index in [2.05, 4.69) is 20.8 Å². The number of carbonyl (C=O) groups is 1. The number of nitrogens with one attached hydrogen (secondary N) is 1. The maximum atomic E-state index is 11.7. The number of rotatable bonds is 4. The molecular formula is C11H12ClN5O. The van der Waals surface area contributed by atoms with Crippen molar-refractivity contribution in [2.75, 3.05) is 0 Å². The van der Waals surface area contributed by atoms with Crippen LogP contribution in [0.4, 0.5) is 0 Å². The molecule has 0 bridgehead atoms. The van der Waals surface area contributed by atoms with E-state index in [0.29, 0.717) is 17.4 Å². The predicted octanol–water partition coefficient (Wildman–Crippen LogP) is 0.722. The number of hydrogen-bond acceptors (Lipinski definition) is 4.